The van der Waals surface area contributed by atoms with Gasteiger partial charge in [-0.1, -0.05) is 30.9 Å². The van der Waals surface area contributed by atoms with E-state index in [0.717, 1.165) is 24.1 Å². The minimum Gasteiger partial charge on any atom is -0.398 e. The molecule has 0 aromatic heterocycles. The number of hydrogen-bond donors (Lipinski definition) is 1. The van der Waals surface area contributed by atoms with Gasteiger partial charge in [0.15, 0.2) is 0 Å². The van der Waals surface area contributed by atoms with Crippen LogP contribution in [0.3, 0.4) is 0 Å². The maximum Gasteiger partial charge on any atom is 0.0373 e. The van der Waals surface area contributed by atoms with Crippen molar-refractivity contribution in [1.82, 2.24) is 0 Å². The van der Waals surface area contributed by atoms with Crippen LogP contribution in [0.1, 0.15) is 19.8 Å². The lowest BCUT2D eigenvalue weighted by Gasteiger charge is -2.13. The molecule has 0 saturated carbocycles. The molecule has 0 aromatic rings. The van der Waals surface area contributed by atoms with E-state index in [-0.39, 0.29) is 0 Å². The van der Waals surface area contributed by atoms with Crippen molar-refractivity contribution in [3.8, 4) is 0 Å². The van der Waals surface area contributed by atoms with Gasteiger partial charge in [0.05, 0.1) is 0 Å². The molecule has 0 heterocycles. The van der Waals surface area contributed by atoms with E-state index in [4.69, 9.17) is 5.73 Å². The molecule has 1 nitrogen and oxygen atoms in total. The van der Waals surface area contributed by atoms with Crippen molar-refractivity contribution in [2.75, 3.05) is 0 Å². The molecule has 0 fully saturated rings. The highest BCUT2D eigenvalue weighted by molar-refractivity contribution is 5.43. The molecule has 0 unspecified atom stereocenters. The average molecular weight is 161 g/mol. The fourth-order valence-electron chi connectivity index (χ4n) is 1.26. The molecule has 0 bridgehead atoms. The van der Waals surface area contributed by atoms with Gasteiger partial charge in [0.25, 0.3) is 0 Å². The Morgan fingerprint density at radius 3 is 3.00 bits per heavy atom. The van der Waals surface area contributed by atoms with Gasteiger partial charge in [0, 0.05) is 5.70 Å². The van der Waals surface area contributed by atoms with E-state index in [1.165, 1.54) is 5.57 Å². The summed E-state index contributed by atoms with van der Waals surface area (Å²) in [6.07, 6.45) is 10.0. The van der Waals surface area contributed by atoms with Crippen molar-refractivity contribution in [3.63, 3.8) is 0 Å². The molecule has 0 aliphatic heterocycles. The van der Waals surface area contributed by atoms with Gasteiger partial charge in [-0.15, -0.1) is 0 Å². The molecule has 2 N–H and O–H groups in total. The minimum absolute atomic E-state index is 0.930. The average Bonchev–Trinajstić information content (AvgIpc) is 2.08. The molecule has 0 saturated heterocycles. The molecular weight excluding hydrogens is 146 g/mol. The second-order valence-electron chi connectivity index (χ2n) is 2.99. The van der Waals surface area contributed by atoms with Crippen LogP contribution in [-0.4, -0.2) is 0 Å². The van der Waals surface area contributed by atoms with Crippen molar-refractivity contribution in [2.24, 2.45) is 5.73 Å². The molecule has 0 spiro atoms. The van der Waals surface area contributed by atoms with Crippen LogP contribution in [0.25, 0.3) is 0 Å². The molecule has 0 aromatic carbocycles. The SMILES string of the molecule is C=C/C=C\C1=CCCC(C)=C1N. The van der Waals surface area contributed by atoms with E-state index < -0.39 is 0 Å². The summed E-state index contributed by atoms with van der Waals surface area (Å²) in [7, 11) is 0. The maximum absolute atomic E-state index is 5.89. The second kappa shape index (κ2) is 3.96. The Hall–Kier alpha value is -1.24. The van der Waals surface area contributed by atoms with Crippen LogP contribution in [0.2, 0.25) is 0 Å². The predicted molar refractivity (Wildman–Crippen MR) is 53.5 cm³/mol. The largest absolute Gasteiger partial charge is 0.398 e. The maximum atomic E-state index is 5.89. The smallest absolute Gasteiger partial charge is 0.0373 e. The molecule has 1 heteroatoms. The number of rotatable bonds is 2. The highest BCUT2D eigenvalue weighted by Crippen LogP contribution is 2.21. The zero-order valence-corrected chi connectivity index (χ0v) is 7.51. The van der Waals surface area contributed by atoms with Crippen LogP contribution in [0, 0.1) is 0 Å². The van der Waals surface area contributed by atoms with Gasteiger partial charge >= 0.3 is 0 Å². The number of allylic oxidation sites excluding steroid dienone is 5. The van der Waals surface area contributed by atoms with E-state index in [2.05, 4.69) is 19.6 Å². The first-order valence-electron chi connectivity index (χ1n) is 4.20. The van der Waals surface area contributed by atoms with Crippen LogP contribution in [-0.2, 0) is 0 Å². The van der Waals surface area contributed by atoms with E-state index >= 15 is 0 Å². The van der Waals surface area contributed by atoms with Gasteiger partial charge in [0.2, 0.25) is 0 Å². The summed E-state index contributed by atoms with van der Waals surface area (Å²) in [5.74, 6) is 0. The Bertz CT molecular complexity index is 267. The molecule has 0 atom stereocenters. The van der Waals surface area contributed by atoms with Gasteiger partial charge in [-0.05, 0) is 30.9 Å². The van der Waals surface area contributed by atoms with E-state index in [1.54, 1.807) is 6.08 Å². The number of nitrogens with two attached hydrogens (primary N) is 1. The summed E-state index contributed by atoms with van der Waals surface area (Å²) < 4.78 is 0. The lowest BCUT2D eigenvalue weighted by Crippen LogP contribution is -2.06. The molecule has 1 rings (SSSR count). The monoisotopic (exact) mass is 161 g/mol. The van der Waals surface area contributed by atoms with Crippen molar-refractivity contribution in [3.05, 3.63) is 47.7 Å². The summed E-state index contributed by atoms with van der Waals surface area (Å²) in [6, 6.07) is 0. The molecule has 64 valence electrons. The van der Waals surface area contributed by atoms with Crippen molar-refractivity contribution in [1.29, 1.82) is 0 Å². The van der Waals surface area contributed by atoms with Gasteiger partial charge < -0.3 is 5.73 Å². The lowest BCUT2D eigenvalue weighted by atomic mass is 9.97. The molecule has 0 radical (unpaired) electrons. The lowest BCUT2D eigenvalue weighted by molar-refractivity contribution is 0.920. The summed E-state index contributed by atoms with van der Waals surface area (Å²) in [5, 5.41) is 0. The Kier molecular flexibility index (Phi) is 2.92. The molecule has 1 aliphatic carbocycles. The third-order valence-corrected chi connectivity index (χ3v) is 2.07. The predicted octanol–water partition coefficient (Wildman–Crippen LogP) is 2.68. The van der Waals surface area contributed by atoms with Crippen molar-refractivity contribution >= 4 is 0 Å². The Morgan fingerprint density at radius 1 is 1.58 bits per heavy atom. The van der Waals surface area contributed by atoms with E-state index in [9.17, 15) is 0 Å². The molecule has 1 aliphatic rings. The van der Waals surface area contributed by atoms with E-state index in [1.807, 2.05) is 12.2 Å². The van der Waals surface area contributed by atoms with Gasteiger partial charge in [-0.3, -0.25) is 0 Å². The standard InChI is InChI=1S/C11H15N/c1-3-4-7-10-8-5-6-9(2)11(10)12/h3-4,7-8H,1,5-6,12H2,2H3/b7-4-. The zero-order chi connectivity index (χ0) is 8.97. The van der Waals surface area contributed by atoms with Gasteiger partial charge in [0.1, 0.15) is 0 Å². The summed E-state index contributed by atoms with van der Waals surface area (Å²) in [4.78, 5) is 0. The Labute approximate surface area is 74.0 Å². The number of hydrogen-bond acceptors (Lipinski definition) is 1. The highest BCUT2D eigenvalue weighted by Gasteiger charge is 2.06. The van der Waals surface area contributed by atoms with Crippen LogP contribution in [0.4, 0.5) is 0 Å². The zero-order valence-electron chi connectivity index (χ0n) is 7.51. The third-order valence-electron chi connectivity index (χ3n) is 2.07. The molecular formula is C11H15N. The van der Waals surface area contributed by atoms with Gasteiger partial charge in [-0.2, -0.15) is 0 Å². The fourth-order valence-corrected chi connectivity index (χ4v) is 1.26. The molecule has 12 heavy (non-hydrogen) atoms. The Balaban J connectivity index is 2.84. The first-order valence-corrected chi connectivity index (χ1v) is 4.20. The summed E-state index contributed by atoms with van der Waals surface area (Å²) in [5.41, 5.74) is 9.25. The van der Waals surface area contributed by atoms with Crippen molar-refractivity contribution in [2.45, 2.75) is 19.8 Å². The normalized spacial score (nSPS) is 18.2. The summed E-state index contributed by atoms with van der Waals surface area (Å²) in [6.45, 7) is 5.71. The second-order valence-corrected chi connectivity index (χ2v) is 2.99. The van der Waals surface area contributed by atoms with Crippen LogP contribution >= 0.6 is 0 Å². The first-order chi connectivity index (χ1) is 5.75. The van der Waals surface area contributed by atoms with Crippen LogP contribution < -0.4 is 5.73 Å². The highest BCUT2D eigenvalue weighted by atomic mass is 14.6. The first kappa shape index (κ1) is 8.85. The minimum atomic E-state index is 0.930. The van der Waals surface area contributed by atoms with Gasteiger partial charge in [-0.25, -0.2) is 0 Å². The third kappa shape index (κ3) is 1.88. The van der Waals surface area contributed by atoms with Crippen molar-refractivity contribution < 1.29 is 0 Å². The van der Waals surface area contributed by atoms with E-state index in [0.29, 0.717) is 0 Å². The quantitative estimate of drug-likeness (QED) is 0.619. The fraction of sp³-hybridized carbons (Fsp3) is 0.273. The van der Waals surface area contributed by atoms with Crippen LogP contribution in [0.15, 0.2) is 47.7 Å². The van der Waals surface area contributed by atoms with Crippen LogP contribution in [0.5, 0.6) is 0 Å². The Morgan fingerprint density at radius 2 is 2.33 bits per heavy atom. The topological polar surface area (TPSA) is 26.0 Å². The molecule has 0 amide bonds. The summed E-state index contributed by atoms with van der Waals surface area (Å²) >= 11 is 0.